The Kier molecular flexibility index (Phi) is 3.09. The van der Waals surface area contributed by atoms with Crippen LogP contribution >= 0.6 is 0 Å². The smallest absolute Gasteiger partial charge is 0.262 e. The molecule has 21 heavy (non-hydrogen) atoms. The lowest BCUT2D eigenvalue weighted by atomic mass is 9.54. The van der Waals surface area contributed by atoms with Crippen molar-refractivity contribution in [2.75, 3.05) is 0 Å². The van der Waals surface area contributed by atoms with Crippen LogP contribution in [-0.2, 0) is 18.4 Å². The number of hydrogen-bond acceptors (Lipinski definition) is 1. The van der Waals surface area contributed by atoms with E-state index in [9.17, 15) is 4.79 Å². The summed E-state index contributed by atoms with van der Waals surface area (Å²) in [6.45, 7) is 2.51. The van der Waals surface area contributed by atoms with Gasteiger partial charge >= 0.3 is 0 Å². The monoisotopic (exact) mass is 288 g/mol. The van der Waals surface area contributed by atoms with Crippen LogP contribution in [0.1, 0.15) is 37.9 Å². The fourth-order valence-electron chi connectivity index (χ4n) is 5.31. The molecule has 4 nitrogen and oxygen atoms in total. The van der Waals surface area contributed by atoms with Crippen LogP contribution in [0, 0.1) is 30.6 Å². The van der Waals surface area contributed by atoms with Crippen molar-refractivity contribution in [3.8, 4) is 0 Å². The number of carbonyl (C=O) groups is 1. The molecule has 1 amide bonds. The van der Waals surface area contributed by atoms with E-state index < -0.39 is 0 Å². The molecule has 114 valence electrons. The Morgan fingerprint density at radius 3 is 2.38 bits per heavy atom. The number of imidazole rings is 1. The third-order valence-electron chi connectivity index (χ3n) is 6.26. The van der Waals surface area contributed by atoms with Crippen molar-refractivity contribution in [2.45, 2.75) is 51.6 Å². The van der Waals surface area contributed by atoms with Gasteiger partial charge in [-0.15, -0.1) is 0 Å². The van der Waals surface area contributed by atoms with Gasteiger partial charge < -0.3 is 5.32 Å². The predicted octanol–water partition coefficient (Wildman–Crippen LogP) is 1.56. The summed E-state index contributed by atoms with van der Waals surface area (Å²) >= 11 is 0. The summed E-state index contributed by atoms with van der Waals surface area (Å²) in [5.41, 5.74) is 0. The minimum absolute atomic E-state index is 0.187. The molecule has 1 aromatic rings. The van der Waals surface area contributed by atoms with Crippen LogP contribution in [0.15, 0.2) is 12.4 Å². The molecule has 0 unspecified atom stereocenters. The zero-order valence-corrected chi connectivity index (χ0v) is 13.1. The molecule has 1 N–H and O–H groups in total. The molecule has 1 heterocycles. The summed E-state index contributed by atoms with van der Waals surface area (Å²) in [4.78, 5) is 12.4. The van der Waals surface area contributed by atoms with Gasteiger partial charge in [-0.25, -0.2) is 9.13 Å². The molecule has 4 heteroatoms. The van der Waals surface area contributed by atoms with Crippen molar-refractivity contribution < 1.29 is 9.36 Å². The maximum absolute atomic E-state index is 12.4. The van der Waals surface area contributed by atoms with E-state index in [-0.39, 0.29) is 5.91 Å². The van der Waals surface area contributed by atoms with Crippen LogP contribution in [0.5, 0.6) is 0 Å². The third-order valence-corrected chi connectivity index (χ3v) is 6.26. The first-order chi connectivity index (χ1) is 10.1. The van der Waals surface area contributed by atoms with Crippen molar-refractivity contribution in [3.63, 3.8) is 0 Å². The Hall–Kier alpha value is -1.32. The summed E-state index contributed by atoms with van der Waals surface area (Å²) in [5.74, 6) is 4.75. The lowest BCUT2D eigenvalue weighted by molar-refractivity contribution is -0.677. The number of aromatic nitrogens is 2. The maximum atomic E-state index is 12.4. The highest BCUT2D eigenvalue weighted by Crippen LogP contribution is 2.53. The summed E-state index contributed by atoms with van der Waals surface area (Å²) in [6.07, 6.45) is 10.9. The van der Waals surface area contributed by atoms with Gasteiger partial charge in [-0.05, 0) is 55.8 Å². The maximum Gasteiger partial charge on any atom is 0.262 e. The molecular formula is C17H26N3O+. The predicted molar refractivity (Wildman–Crippen MR) is 79.3 cm³/mol. The van der Waals surface area contributed by atoms with Crippen LogP contribution in [0.25, 0.3) is 0 Å². The van der Waals surface area contributed by atoms with Crippen molar-refractivity contribution in [1.29, 1.82) is 0 Å². The van der Waals surface area contributed by atoms with Crippen molar-refractivity contribution in [2.24, 2.45) is 30.7 Å². The number of nitrogens with zero attached hydrogens (tertiary/aromatic N) is 2. The first-order valence-electron chi connectivity index (χ1n) is 8.41. The average Bonchev–Trinajstić information content (AvgIpc) is 2.74. The molecular weight excluding hydrogens is 262 g/mol. The lowest BCUT2D eigenvalue weighted by Crippen LogP contribution is -2.56. The highest BCUT2D eigenvalue weighted by molar-refractivity contribution is 5.76. The molecule has 4 aliphatic carbocycles. The topological polar surface area (TPSA) is 37.9 Å². The number of nitrogens with one attached hydrogen (secondary N) is 1. The van der Waals surface area contributed by atoms with Crippen LogP contribution in [0.2, 0.25) is 0 Å². The highest BCUT2D eigenvalue weighted by Gasteiger charge is 2.48. The molecule has 0 spiro atoms. The average molecular weight is 288 g/mol. The van der Waals surface area contributed by atoms with E-state index in [0.717, 1.165) is 29.5 Å². The van der Waals surface area contributed by atoms with Crippen molar-refractivity contribution >= 4 is 5.91 Å². The summed E-state index contributed by atoms with van der Waals surface area (Å²) in [6, 6.07) is 0.454. The zero-order valence-electron chi connectivity index (χ0n) is 13.1. The van der Waals surface area contributed by atoms with Crippen molar-refractivity contribution in [1.82, 2.24) is 9.88 Å². The molecule has 0 saturated heterocycles. The number of amides is 1. The van der Waals surface area contributed by atoms with Gasteiger partial charge in [0.15, 0.2) is 6.54 Å². The van der Waals surface area contributed by atoms with E-state index in [4.69, 9.17) is 0 Å². The van der Waals surface area contributed by atoms with E-state index in [1.54, 1.807) is 0 Å². The fourth-order valence-corrected chi connectivity index (χ4v) is 5.31. The van der Waals surface area contributed by atoms with E-state index in [1.807, 2.05) is 24.0 Å². The Morgan fingerprint density at radius 1 is 1.24 bits per heavy atom. The quantitative estimate of drug-likeness (QED) is 0.842. The largest absolute Gasteiger partial charge is 0.349 e. The van der Waals surface area contributed by atoms with Gasteiger partial charge in [0.25, 0.3) is 11.7 Å². The van der Waals surface area contributed by atoms with Gasteiger partial charge in [0.1, 0.15) is 12.4 Å². The second kappa shape index (κ2) is 4.85. The Balaban J connectivity index is 1.42. The Labute approximate surface area is 126 Å². The number of rotatable bonds is 3. The molecule has 4 aliphatic rings. The zero-order chi connectivity index (χ0) is 14.6. The van der Waals surface area contributed by atoms with Gasteiger partial charge in [0.05, 0.1) is 7.05 Å². The summed E-state index contributed by atoms with van der Waals surface area (Å²) in [5, 5.41) is 3.38. The standard InChI is InChI=1S/C17H25N3O/c1-11-19(2)3-4-20(11)10-16(21)18-17-14-6-12-5-13(8-14)9-15(17)7-12/h3-4,12-15,17H,5-10H2,1-2H3/p+1. The number of carbonyl (C=O) groups excluding carboxylic acids is 1. The van der Waals surface area contributed by atoms with Gasteiger partial charge in [-0.2, -0.15) is 0 Å². The fraction of sp³-hybridized carbons (Fsp3) is 0.765. The second-order valence-electron chi connectivity index (χ2n) is 7.61. The minimum Gasteiger partial charge on any atom is -0.349 e. The SMILES string of the molecule is Cc1n(CC(=O)NC2C3CC4CC(C3)CC2C4)cc[n+]1C. The first-order valence-corrected chi connectivity index (χ1v) is 8.41. The van der Waals surface area contributed by atoms with E-state index >= 15 is 0 Å². The van der Waals surface area contributed by atoms with Crippen molar-refractivity contribution in [3.05, 3.63) is 18.2 Å². The summed E-state index contributed by atoms with van der Waals surface area (Å²) in [7, 11) is 2.02. The number of hydrogen-bond donors (Lipinski definition) is 1. The van der Waals surface area contributed by atoms with Gasteiger partial charge in [-0.3, -0.25) is 4.79 Å². The first kappa shape index (κ1) is 13.4. The van der Waals surface area contributed by atoms with Crippen LogP contribution in [-0.4, -0.2) is 16.5 Å². The molecule has 0 atom stereocenters. The lowest BCUT2D eigenvalue weighted by Gasteiger charge is -2.54. The van der Waals surface area contributed by atoms with Crippen LogP contribution in [0.4, 0.5) is 0 Å². The molecule has 1 aromatic heterocycles. The molecule has 4 saturated carbocycles. The number of aryl methyl sites for hydroxylation is 1. The molecule has 0 aliphatic heterocycles. The summed E-state index contributed by atoms with van der Waals surface area (Å²) < 4.78 is 4.08. The van der Waals surface area contributed by atoms with E-state index in [1.165, 1.54) is 32.1 Å². The molecule has 0 aromatic carbocycles. The van der Waals surface area contributed by atoms with E-state index in [0.29, 0.717) is 12.6 Å². The highest BCUT2D eigenvalue weighted by atomic mass is 16.2. The van der Waals surface area contributed by atoms with Gasteiger partial charge in [0, 0.05) is 13.0 Å². The third kappa shape index (κ3) is 2.29. The van der Waals surface area contributed by atoms with Gasteiger partial charge in [-0.1, -0.05) is 0 Å². The normalized spacial score (nSPS) is 37.0. The molecule has 5 rings (SSSR count). The Bertz CT molecular complexity index is 534. The van der Waals surface area contributed by atoms with E-state index in [2.05, 4.69) is 16.8 Å². The Morgan fingerprint density at radius 2 is 1.86 bits per heavy atom. The molecule has 4 bridgehead atoms. The molecule has 4 fully saturated rings. The minimum atomic E-state index is 0.187. The van der Waals surface area contributed by atoms with Crippen LogP contribution in [0.3, 0.4) is 0 Å². The van der Waals surface area contributed by atoms with Gasteiger partial charge in [0.2, 0.25) is 0 Å². The second-order valence-corrected chi connectivity index (χ2v) is 7.61. The van der Waals surface area contributed by atoms with Crippen LogP contribution < -0.4 is 9.88 Å². The molecule has 0 radical (unpaired) electrons.